The highest BCUT2D eigenvalue weighted by molar-refractivity contribution is 5.98. The van der Waals surface area contributed by atoms with Gasteiger partial charge < -0.3 is 15.7 Å². The average molecular weight is 302 g/mol. The fraction of sp³-hybridized carbons (Fsp3) is 0.125. The molecule has 0 fully saturated rings. The summed E-state index contributed by atoms with van der Waals surface area (Å²) in [6.07, 6.45) is 0. The molecule has 2 amide bonds. The van der Waals surface area contributed by atoms with E-state index >= 15 is 0 Å². The van der Waals surface area contributed by atoms with Crippen LogP contribution in [0.4, 0.5) is 4.39 Å². The summed E-state index contributed by atoms with van der Waals surface area (Å²) in [5.41, 5.74) is 0.672. The zero-order chi connectivity index (χ0) is 16.1. The van der Waals surface area contributed by atoms with Gasteiger partial charge in [-0.2, -0.15) is 0 Å². The topological polar surface area (TPSA) is 78.4 Å². The highest BCUT2D eigenvalue weighted by atomic mass is 19.1. The van der Waals surface area contributed by atoms with Crippen molar-refractivity contribution in [1.29, 1.82) is 0 Å². The predicted octanol–water partition coefficient (Wildman–Crippen LogP) is 1.75. The van der Waals surface area contributed by atoms with Gasteiger partial charge in [-0.15, -0.1) is 0 Å². The number of phenolic OH excluding ortho intramolecular Hbond substituents is 1. The fourth-order valence-corrected chi connectivity index (χ4v) is 1.96. The molecule has 0 aliphatic rings. The minimum Gasteiger partial charge on any atom is -0.505 e. The van der Waals surface area contributed by atoms with Crippen molar-refractivity contribution < 1.29 is 19.1 Å². The third-order valence-electron chi connectivity index (χ3n) is 3.13. The van der Waals surface area contributed by atoms with Gasteiger partial charge in [0.2, 0.25) is 5.91 Å². The van der Waals surface area contributed by atoms with Crippen molar-refractivity contribution in [2.24, 2.45) is 0 Å². The third kappa shape index (κ3) is 3.41. The van der Waals surface area contributed by atoms with Gasteiger partial charge in [-0.05, 0) is 23.8 Å². The van der Waals surface area contributed by atoms with Crippen molar-refractivity contribution in [2.45, 2.75) is 6.04 Å². The molecule has 5 nitrogen and oxygen atoms in total. The molecule has 22 heavy (non-hydrogen) atoms. The molecule has 6 heteroatoms. The van der Waals surface area contributed by atoms with E-state index in [9.17, 15) is 19.1 Å². The molecule has 2 rings (SSSR count). The molecule has 0 heterocycles. The van der Waals surface area contributed by atoms with Crippen LogP contribution in [0.5, 0.6) is 5.75 Å². The molecule has 1 atom stereocenters. The number of aromatic hydroxyl groups is 1. The first-order valence-electron chi connectivity index (χ1n) is 6.59. The summed E-state index contributed by atoms with van der Waals surface area (Å²) in [5.74, 6) is -2.41. The lowest BCUT2D eigenvalue weighted by molar-refractivity contribution is -0.122. The van der Waals surface area contributed by atoms with E-state index in [2.05, 4.69) is 10.6 Å². The first-order chi connectivity index (χ1) is 10.5. The Hall–Kier alpha value is -2.89. The number of hydrogen-bond acceptors (Lipinski definition) is 3. The van der Waals surface area contributed by atoms with E-state index in [1.807, 2.05) is 0 Å². The summed E-state index contributed by atoms with van der Waals surface area (Å²) >= 11 is 0. The van der Waals surface area contributed by atoms with Gasteiger partial charge in [0.1, 0.15) is 6.04 Å². The highest BCUT2D eigenvalue weighted by Gasteiger charge is 2.22. The number of phenols is 1. The quantitative estimate of drug-likeness (QED) is 0.805. The SMILES string of the molecule is CNC(=O)[C@@H](NC(=O)c1ccc(F)c(O)c1)c1ccccc1. The molecule has 0 bridgehead atoms. The number of amides is 2. The van der Waals surface area contributed by atoms with E-state index in [1.165, 1.54) is 13.1 Å². The molecule has 0 aliphatic heterocycles. The normalized spacial score (nSPS) is 11.5. The summed E-state index contributed by atoms with van der Waals surface area (Å²) in [4.78, 5) is 24.2. The van der Waals surface area contributed by atoms with Crippen LogP contribution in [0.2, 0.25) is 0 Å². The fourth-order valence-electron chi connectivity index (χ4n) is 1.96. The smallest absolute Gasteiger partial charge is 0.252 e. The van der Waals surface area contributed by atoms with Crippen LogP contribution in [-0.4, -0.2) is 24.0 Å². The second-order valence-corrected chi connectivity index (χ2v) is 4.60. The maximum absolute atomic E-state index is 13.0. The Balaban J connectivity index is 2.25. The lowest BCUT2D eigenvalue weighted by Gasteiger charge is -2.17. The zero-order valence-corrected chi connectivity index (χ0v) is 11.8. The number of halogens is 1. The summed E-state index contributed by atoms with van der Waals surface area (Å²) in [7, 11) is 1.47. The number of rotatable bonds is 4. The number of nitrogens with one attached hydrogen (secondary N) is 2. The Kier molecular flexibility index (Phi) is 4.73. The Morgan fingerprint density at radius 3 is 2.41 bits per heavy atom. The summed E-state index contributed by atoms with van der Waals surface area (Å²) in [6, 6.07) is 11.1. The van der Waals surface area contributed by atoms with Gasteiger partial charge in [-0.3, -0.25) is 9.59 Å². The van der Waals surface area contributed by atoms with E-state index in [-0.39, 0.29) is 11.5 Å². The standard InChI is InChI=1S/C16H15FN2O3/c1-18-16(22)14(10-5-3-2-4-6-10)19-15(21)11-7-8-12(17)13(20)9-11/h2-9,14,20H,1H3,(H,18,22)(H,19,21)/t14-/m0/s1. The number of hydrogen-bond donors (Lipinski definition) is 3. The molecule has 0 spiro atoms. The van der Waals surface area contributed by atoms with Gasteiger partial charge in [0.15, 0.2) is 11.6 Å². The van der Waals surface area contributed by atoms with Crippen LogP contribution in [0.15, 0.2) is 48.5 Å². The predicted molar refractivity (Wildman–Crippen MR) is 78.8 cm³/mol. The van der Waals surface area contributed by atoms with Gasteiger partial charge in [-0.25, -0.2) is 4.39 Å². The maximum Gasteiger partial charge on any atom is 0.252 e. The van der Waals surface area contributed by atoms with Crippen molar-refractivity contribution in [3.05, 3.63) is 65.5 Å². The molecule has 114 valence electrons. The van der Waals surface area contributed by atoms with E-state index in [4.69, 9.17) is 0 Å². The molecule has 3 N–H and O–H groups in total. The average Bonchev–Trinajstić information content (AvgIpc) is 2.55. The highest BCUT2D eigenvalue weighted by Crippen LogP contribution is 2.18. The van der Waals surface area contributed by atoms with Crippen molar-refractivity contribution in [3.8, 4) is 5.75 Å². The minimum atomic E-state index is -0.883. The Labute approximate surface area is 126 Å². The zero-order valence-electron chi connectivity index (χ0n) is 11.8. The second kappa shape index (κ2) is 6.71. The Morgan fingerprint density at radius 1 is 1.14 bits per heavy atom. The van der Waals surface area contributed by atoms with E-state index in [0.717, 1.165) is 12.1 Å². The minimum absolute atomic E-state index is 0.0590. The monoisotopic (exact) mass is 302 g/mol. The van der Waals surface area contributed by atoms with Crippen molar-refractivity contribution in [1.82, 2.24) is 10.6 Å². The Bertz CT molecular complexity index is 689. The van der Waals surface area contributed by atoms with Gasteiger partial charge in [0.25, 0.3) is 5.91 Å². The molecule has 0 radical (unpaired) electrons. The van der Waals surface area contributed by atoms with E-state index in [1.54, 1.807) is 30.3 Å². The van der Waals surface area contributed by atoms with Gasteiger partial charge in [0, 0.05) is 12.6 Å². The van der Waals surface area contributed by atoms with E-state index in [0.29, 0.717) is 5.56 Å². The van der Waals surface area contributed by atoms with Crippen molar-refractivity contribution in [2.75, 3.05) is 7.05 Å². The van der Waals surface area contributed by atoms with Gasteiger partial charge in [-0.1, -0.05) is 30.3 Å². The van der Waals surface area contributed by atoms with Gasteiger partial charge >= 0.3 is 0 Å². The van der Waals surface area contributed by atoms with Crippen LogP contribution in [0.25, 0.3) is 0 Å². The molecular formula is C16H15FN2O3. The molecule has 0 aromatic heterocycles. The van der Waals surface area contributed by atoms with Crippen LogP contribution < -0.4 is 10.6 Å². The molecule has 2 aromatic rings. The lowest BCUT2D eigenvalue weighted by Crippen LogP contribution is -2.39. The number of carbonyl (C=O) groups is 2. The molecule has 0 saturated heterocycles. The maximum atomic E-state index is 13.0. The molecule has 0 unspecified atom stereocenters. The van der Waals surface area contributed by atoms with Crippen LogP contribution in [0, 0.1) is 5.82 Å². The first-order valence-corrected chi connectivity index (χ1v) is 6.59. The van der Waals surface area contributed by atoms with Gasteiger partial charge in [0.05, 0.1) is 0 Å². The van der Waals surface area contributed by atoms with Crippen LogP contribution in [-0.2, 0) is 4.79 Å². The second-order valence-electron chi connectivity index (χ2n) is 4.60. The van der Waals surface area contributed by atoms with Crippen LogP contribution in [0.1, 0.15) is 22.0 Å². The number of benzene rings is 2. The molecule has 0 aliphatic carbocycles. The third-order valence-corrected chi connectivity index (χ3v) is 3.13. The summed E-state index contributed by atoms with van der Waals surface area (Å²) in [5, 5.41) is 14.4. The van der Waals surface area contributed by atoms with E-state index < -0.39 is 23.5 Å². The van der Waals surface area contributed by atoms with Crippen molar-refractivity contribution >= 4 is 11.8 Å². The summed E-state index contributed by atoms with van der Waals surface area (Å²) < 4.78 is 13.0. The van der Waals surface area contributed by atoms with Crippen LogP contribution in [0.3, 0.4) is 0 Å². The lowest BCUT2D eigenvalue weighted by atomic mass is 10.1. The van der Waals surface area contributed by atoms with Crippen LogP contribution >= 0.6 is 0 Å². The molecule has 0 saturated carbocycles. The largest absolute Gasteiger partial charge is 0.505 e. The Morgan fingerprint density at radius 2 is 1.82 bits per heavy atom. The number of carbonyl (C=O) groups excluding carboxylic acids is 2. The molecular weight excluding hydrogens is 287 g/mol. The molecule has 2 aromatic carbocycles. The first kappa shape index (κ1) is 15.5. The number of likely N-dealkylation sites (N-methyl/N-ethyl adjacent to an activating group) is 1. The summed E-state index contributed by atoms with van der Waals surface area (Å²) in [6.45, 7) is 0. The van der Waals surface area contributed by atoms with Crippen molar-refractivity contribution in [3.63, 3.8) is 0 Å².